The van der Waals surface area contributed by atoms with Crippen molar-refractivity contribution in [1.82, 2.24) is 15.3 Å². The van der Waals surface area contributed by atoms with Gasteiger partial charge in [0, 0.05) is 32.2 Å². The minimum absolute atomic E-state index is 0.516. The van der Waals surface area contributed by atoms with E-state index in [9.17, 15) is 0 Å². The number of piperazine rings is 1. The standard InChI is InChI=1S/C17H20N6/c18-11-12-4-5-14-15(10-12)22-17(23-8-6-19-7-9-23)16(21-14)20-13-2-1-3-13/h4-5,10,13,19H,1-3,6-9H2,(H,20,21). The van der Waals surface area contributed by atoms with Crippen LogP contribution in [0.25, 0.3) is 11.0 Å². The highest BCUT2D eigenvalue weighted by Crippen LogP contribution is 2.30. The van der Waals surface area contributed by atoms with Crippen molar-refractivity contribution in [3.8, 4) is 6.07 Å². The summed E-state index contributed by atoms with van der Waals surface area (Å²) >= 11 is 0. The first-order chi connectivity index (χ1) is 11.3. The third-order valence-corrected chi connectivity index (χ3v) is 4.64. The van der Waals surface area contributed by atoms with Gasteiger partial charge in [0.1, 0.15) is 0 Å². The van der Waals surface area contributed by atoms with Crippen LogP contribution < -0.4 is 15.5 Å². The number of nitrogens with zero attached hydrogens (tertiary/aromatic N) is 4. The normalized spacial score (nSPS) is 18.5. The molecule has 2 N–H and O–H groups in total. The molecule has 4 rings (SSSR count). The molecular formula is C17H20N6. The zero-order valence-electron chi connectivity index (χ0n) is 13.0. The molecule has 23 heavy (non-hydrogen) atoms. The molecule has 0 atom stereocenters. The molecule has 2 heterocycles. The molecule has 1 aliphatic heterocycles. The van der Waals surface area contributed by atoms with Crippen LogP contribution in [0.15, 0.2) is 18.2 Å². The largest absolute Gasteiger partial charge is 0.364 e. The first-order valence-corrected chi connectivity index (χ1v) is 8.27. The molecule has 0 bridgehead atoms. The van der Waals surface area contributed by atoms with Crippen LogP contribution in [0.4, 0.5) is 11.6 Å². The molecule has 6 heteroatoms. The summed E-state index contributed by atoms with van der Waals surface area (Å²) < 4.78 is 0. The molecule has 1 aliphatic carbocycles. The first kappa shape index (κ1) is 14.2. The topological polar surface area (TPSA) is 76.9 Å². The van der Waals surface area contributed by atoms with Gasteiger partial charge in [-0.1, -0.05) is 0 Å². The average molecular weight is 308 g/mol. The molecule has 2 fully saturated rings. The Hall–Kier alpha value is -2.39. The van der Waals surface area contributed by atoms with E-state index in [1.54, 1.807) is 6.07 Å². The Kier molecular flexibility index (Phi) is 3.72. The lowest BCUT2D eigenvalue weighted by molar-refractivity contribution is 0.444. The van der Waals surface area contributed by atoms with Crippen molar-refractivity contribution < 1.29 is 0 Å². The lowest BCUT2D eigenvalue weighted by atomic mass is 9.93. The second-order valence-electron chi connectivity index (χ2n) is 6.22. The Morgan fingerprint density at radius 3 is 2.70 bits per heavy atom. The Morgan fingerprint density at radius 2 is 2.00 bits per heavy atom. The van der Waals surface area contributed by atoms with Gasteiger partial charge in [-0.3, -0.25) is 0 Å². The van der Waals surface area contributed by atoms with Gasteiger partial charge in [-0.05, 0) is 37.5 Å². The van der Waals surface area contributed by atoms with E-state index >= 15 is 0 Å². The fourth-order valence-electron chi connectivity index (χ4n) is 3.05. The maximum Gasteiger partial charge on any atom is 0.172 e. The second-order valence-corrected chi connectivity index (χ2v) is 6.22. The molecule has 6 nitrogen and oxygen atoms in total. The molecule has 2 aliphatic rings. The number of anilines is 2. The highest BCUT2D eigenvalue weighted by atomic mass is 15.3. The van der Waals surface area contributed by atoms with Crippen LogP contribution in [0.3, 0.4) is 0 Å². The van der Waals surface area contributed by atoms with Gasteiger partial charge in [-0.25, -0.2) is 9.97 Å². The van der Waals surface area contributed by atoms with E-state index in [-0.39, 0.29) is 0 Å². The summed E-state index contributed by atoms with van der Waals surface area (Å²) in [5.41, 5.74) is 2.25. The van der Waals surface area contributed by atoms with Crippen LogP contribution in [0.1, 0.15) is 24.8 Å². The molecule has 1 aromatic heterocycles. The van der Waals surface area contributed by atoms with E-state index in [2.05, 4.69) is 21.6 Å². The molecule has 0 unspecified atom stereocenters. The zero-order valence-corrected chi connectivity index (χ0v) is 13.0. The minimum Gasteiger partial charge on any atom is -0.364 e. The highest BCUT2D eigenvalue weighted by molar-refractivity contribution is 5.82. The zero-order chi connectivity index (χ0) is 15.6. The number of rotatable bonds is 3. The number of fused-ring (bicyclic) bond motifs is 1. The van der Waals surface area contributed by atoms with Gasteiger partial charge in [0.2, 0.25) is 0 Å². The predicted molar refractivity (Wildman–Crippen MR) is 90.6 cm³/mol. The van der Waals surface area contributed by atoms with Gasteiger partial charge in [-0.15, -0.1) is 0 Å². The molecule has 2 aromatic rings. The van der Waals surface area contributed by atoms with Crippen molar-refractivity contribution in [3.63, 3.8) is 0 Å². The van der Waals surface area contributed by atoms with E-state index in [1.165, 1.54) is 19.3 Å². The van der Waals surface area contributed by atoms with Crippen molar-refractivity contribution in [2.75, 3.05) is 36.4 Å². The number of hydrogen-bond acceptors (Lipinski definition) is 6. The van der Waals surface area contributed by atoms with Gasteiger partial charge in [0.15, 0.2) is 11.6 Å². The predicted octanol–water partition coefficient (Wildman–Crippen LogP) is 1.88. The summed E-state index contributed by atoms with van der Waals surface area (Å²) in [6.45, 7) is 3.77. The number of benzene rings is 1. The molecule has 0 amide bonds. The summed E-state index contributed by atoms with van der Waals surface area (Å²) in [6, 6.07) is 8.20. The van der Waals surface area contributed by atoms with Gasteiger partial charge in [0.05, 0.1) is 22.7 Å². The fourth-order valence-corrected chi connectivity index (χ4v) is 3.05. The Morgan fingerprint density at radius 1 is 1.17 bits per heavy atom. The van der Waals surface area contributed by atoms with E-state index in [1.807, 2.05) is 12.1 Å². The van der Waals surface area contributed by atoms with Crippen molar-refractivity contribution in [2.45, 2.75) is 25.3 Å². The minimum atomic E-state index is 0.516. The smallest absolute Gasteiger partial charge is 0.172 e. The summed E-state index contributed by atoms with van der Waals surface area (Å²) in [7, 11) is 0. The monoisotopic (exact) mass is 308 g/mol. The van der Waals surface area contributed by atoms with Crippen LogP contribution in [-0.4, -0.2) is 42.2 Å². The highest BCUT2D eigenvalue weighted by Gasteiger charge is 2.23. The third-order valence-electron chi connectivity index (χ3n) is 4.64. The molecular weight excluding hydrogens is 288 g/mol. The molecule has 1 saturated heterocycles. The lowest BCUT2D eigenvalue weighted by Gasteiger charge is -2.32. The van der Waals surface area contributed by atoms with Gasteiger partial charge < -0.3 is 15.5 Å². The summed E-state index contributed by atoms with van der Waals surface area (Å²) in [5, 5.41) is 16.0. The van der Waals surface area contributed by atoms with E-state index < -0.39 is 0 Å². The molecule has 0 radical (unpaired) electrons. The van der Waals surface area contributed by atoms with E-state index in [4.69, 9.17) is 15.2 Å². The van der Waals surface area contributed by atoms with Gasteiger partial charge in [0.25, 0.3) is 0 Å². The van der Waals surface area contributed by atoms with Crippen molar-refractivity contribution in [1.29, 1.82) is 5.26 Å². The number of nitriles is 1. The molecule has 118 valence electrons. The van der Waals surface area contributed by atoms with Crippen LogP contribution in [0.2, 0.25) is 0 Å². The summed E-state index contributed by atoms with van der Waals surface area (Å²) in [6.07, 6.45) is 3.69. The number of hydrogen-bond donors (Lipinski definition) is 2. The maximum atomic E-state index is 9.10. The van der Waals surface area contributed by atoms with Crippen LogP contribution in [0, 0.1) is 11.3 Å². The van der Waals surface area contributed by atoms with Crippen molar-refractivity contribution in [2.24, 2.45) is 0 Å². The quantitative estimate of drug-likeness (QED) is 0.901. The van der Waals surface area contributed by atoms with Crippen LogP contribution in [-0.2, 0) is 0 Å². The average Bonchev–Trinajstić information content (AvgIpc) is 2.57. The van der Waals surface area contributed by atoms with E-state index in [0.29, 0.717) is 11.6 Å². The molecule has 1 saturated carbocycles. The van der Waals surface area contributed by atoms with E-state index in [0.717, 1.165) is 48.8 Å². The second kappa shape index (κ2) is 6.01. The van der Waals surface area contributed by atoms with Crippen molar-refractivity contribution >= 4 is 22.7 Å². The van der Waals surface area contributed by atoms with Crippen LogP contribution >= 0.6 is 0 Å². The van der Waals surface area contributed by atoms with Gasteiger partial charge >= 0.3 is 0 Å². The van der Waals surface area contributed by atoms with Gasteiger partial charge in [-0.2, -0.15) is 5.26 Å². The Balaban J connectivity index is 1.77. The molecule has 1 aromatic carbocycles. The Labute approximate surface area is 135 Å². The lowest BCUT2D eigenvalue weighted by Crippen LogP contribution is -2.44. The number of aromatic nitrogens is 2. The SMILES string of the molecule is N#Cc1ccc2nc(NC3CCC3)c(N3CCNCC3)nc2c1. The summed E-state index contributed by atoms with van der Waals surface area (Å²) in [5.74, 6) is 1.80. The number of nitrogens with one attached hydrogen (secondary N) is 2. The van der Waals surface area contributed by atoms with Crippen molar-refractivity contribution in [3.05, 3.63) is 23.8 Å². The van der Waals surface area contributed by atoms with Crippen LogP contribution in [0.5, 0.6) is 0 Å². The fraction of sp³-hybridized carbons (Fsp3) is 0.471. The summed E-state index contributed by atoms with van der Waals surface area (Å²) in [4.78, 5) is 11.9. The first-order valence-electron chi connectivity index (χ1n) is 8.27. The third kappa shape index (κ3) is 2.80. The molecule has 0 spiro atoms. The maximum absolute atomic E-state index is 9.10. The Bertz CT molecular complexity index is 756.